The Morgan fingerprint density at radius 3 is 2.88 bits per heavy atom. The Bertz CT molecular complexity index is 943. The summed E-state index contributed by atoms with van der Waals surface area (Å²) < 4.78 is 19.8. The van der Waals surface area contributed by atoms with Crippen LogP contribution < -0.4 is 5.32 Å². The van der Waals surface area contributed by atoms with Gasteiger partial charge in [0.15, 0.2) is 0 Å². The van der Waals surface area contributed by atoms with Crippen LogP contribution in [-0.2, 0) is 9.53 Å². The Morgan fingerprint density at radius 2 is 2.12 bits per heavy atom. The molecule has 0 bridgehead atoms. The molecule has 4 rings (SSSR count). The van der Waals surface area contributed by atoms with E-state index in [1.165, 1.54) is 18.2 Å². The fraction of sp³-hybridized carbons (Fsp3) is 0.222. The molecule has 1 N–H and O–H groups in total. The molecule has 0 saturated carbocycles. The normalized spacial score (nSPS) is 21.0. The summed E-state index contributed by atoms with van der Waals surface area (Å²) in [5, 5.41) is 3.25. The lowest BCUT2D eigenvalue weighted by Crippen LogP contribution is -2.06. The second kappa shape index (κ2) is 6.00. The standard InChI is InChI=1S/C18H13Cl2FN2O2/c1-2-3-12-13-10(7-22-17(20)15(13)19)16(25-12)14-9-6-8(21)4-5-11(9)23-18(14)24/h4-7,12H,2-3H2,1H3,(H,23,24). The highest BCUT2D eigenvalue weighted by atomic mass is 35.5. The van der Waals surface area contributed by atoms with E-state index < -0.39 is 5.82 Å². The SMILES string of the molecule is CCCC1OC(=C2C(=O)Nc3ccc(F)cc32)c2cnc(Cl)c(Cl)c21. The number of pyridine rings is 1. The van der Waals surface area contributed by atoms with E-state index in [4.69, 9.17) is 27.9 Å². The molecular weight excluding hydrogens is 366 g/mol. The van der Waals surface area contributed by atoms with Gasteiger partial charge in [-0.15, -0.1) is 0 Å². The van der Waals surface area contributed by atoms with Crippen LogP contribution in [-0.4, -0.2) is 10.9 Å². The zero-order valence-corrected chi connectivity index (χ0v) is 14.7. The van der Waals surface area contributed by atoms with E-state index in [0.717, 1.165) is 12.0 Å². The molecule has 2 aliphatic rings. The third-order valence-corrected chi connectivity index (χ3v) is 5.11. The van der Waals surface area contributed by atoms with E-state index >= 15 is 0 Å². The highest BCUT2D eigenvalue weighted by Crippen LogP contribution is 2.49. The third kappa shape index (κ3) is 2.50. The van der Waals surface area contributed by atoms with Crippen LogP contribution in [0.3, 0.4) is 0 Å². The topological polar surface area (TPSA) is 51.2 Å². The van der Waals surface area contributed by atoms with Crippen LogP contribution in [0.5, 0.6) is 0 Å². The van der Waals surface area contributed by atoms with Gasteiger partial charge in [0.25, 0.3) is 5.91 Å². The average molecular weight is 379 g/mol. The molecule has 2 aromatic rings. The van der Waals surface area contributed by atoms with Gasteiger partial charge in [-0.25, -0.2) is 9.37 Å². The van der Waals surface area contributed by atoms with Crippen LogP contribution in [0.2, 0.25) is 10.2 Å². The number of halogens is 3. The minimum Gasteiger partial charge on any atom is -0.484 e. The second-order valence-corrected chi connectivity index (χ2v) is 6.67. The summed E-state index contributed by atoms with van der Waals surface area (Å²) in [5.74, 6) is -0.407. The molecule has 1 aromatic heterocycles. The van der Waals surface area contributed by atoms with E-state index in [0.29, 0.717) is 34.0 Å². The van der Waals surface area contributed by atoms with Crippen molar-refractivity contribution in [2.45, 2.75) is 25.9 Å². The maximum atomic E-state index is 13.7. The first-order chi connectivity index (χ1) is 12.0. The Hall–Kier alpha value is -2.11. The summed E-state index contributed by atoms with van der Waals surface area (Å²) in [7, 11) is 0. The predicted molar refractivity (Wildman–Crippen MR) is 94.8 cm³/mol. The van der Waals surface area contributed by atoms with Crippen molar-refractivity contribution in [2.24, 2.45) is 0 Å². The Morgan fingerprint density at radius 1 is 1.32 bits per heavy atom. The number of fused-ring (bicyclic) bond motifs is 2. The first kappa shape index (κ1) is 16.4. The summed E-state index contributed by atoms with van der Waals surface area (Å²) >= 11 is 12.4. The number of ether oxygens (including phenoxy) is 1. The van der Waals surface area contributed by atoms with Crippen LogP contribution in [0, 0.1) is 5.82 Å². The summed E-state index contributed by atoms with van der Waals surface area (Å²) in [6.07, 6.45) is 2.80. The van der Waals surface area contributed by atoms with Crippen LogP contribution in [0.1, 0.15) is 42.6 Å². The highest BCUT2D eigenvalue weighted by molar-refractivity contribution is 6.42. The zero-order chi connectivity index (χ0) is 17.7. The largest absolute Gasteiger partial charge is 0.484 e. The van der Waals surface area contributed by atoms with Gasteiger partial charge in [0.2, 0.25) is 0 Å². The van der Waals surface area contributed by atoms with Gasteiger partial charge in [0.05, 0.1) is 10.6 Å². The molecule has 0 spiro atoms. The Kier molecular flexibility index (Phi) is 3.93. The van der Waals surface area contributed by atoms with E-state index in [9.17, 15) is 9.18 Å². The highest BCUT2D eigenvalue weighted by Gasteiger charge is 2.38. The number of rotatable bonds is 2. The van der Waals surface area contributed by atoms with Crippen molar-refractivity contribution in [3.8, 4) is 0 Å². The van der Waals surface area contributed by atoms with Crippen LogP contribution in [0.4, 0.5) is 10.1 Å². The van der Waals surface area contributed by atoms with Gasteiger partial charge < -0.3 is 10.1 Å². The molecule has 4 nitrogen and oxygen atoms in total. The fourth-order valence-electron chi connectivity index (χ4n) is 3.26. The van der Waals surface area contributed by atoms with Crippen molar-refractivity contribution < 1.29 is 13.9 Å². The van der Waals surface area contributed by atoms with Crippen molar-refractivity contribution in [3.63, 3.8) is 0 Å². The molecule has 1 aromatic carbocycles. The minimum atomic E-state index is -0.427. The van der Waals surface area contributed by atoms with E-state index in [2.05, 4.69) is 10.3 Å². The molecule has 0 aliphatic carbocycles. The second-order valence-electron chi connectivity index (χ2n) is 5.93. The van der Waals surface area contributed by atoms with E-state index in [-0.39, 0.29) is 22.7 Å². The van der Waals surface area contributed by atoms with Gasteiger partial charge in [0, 0.05) is 28.6 Å². The van der Waals surface area contributed by atoms with Gasteiger partial charge in [-0.3, -0.25) is 4.79 Å². The molecule has 0 radical (unpaired) electrons. The number of aromatic nitrogens is 1. The molecule has 2 aliphatic heterocycles. The van der Waals surface area contributed by atoms with Crippen molar-refractivity contribution >= 4 is 46.1 Å². The summed E-state index contributed by atoms with van der Waals surface area (Å²) in [5.41, 5.74) is 2.65. The molecule has 3 heterocycles. The number of benzene rings is 1. The van der Waals surface area contributed by atoms with Gasteiger partial charge in [-0.05, 0) is 24.6 Å². The minimum absolute atomic E-state index is 0.193. The maximum Gasteiger partial charge on any atom is 0.260 e. The molecule has 1 amide bonds. The van der Waals surface area contributed by atoms with Crippen LogP contribution >= 0.6 is 23.2 Å². The smallest absolute Gasteiger partial charge is 0.260 e. The summed E-state index contributed by atoms with van der Waals surface area (Å²) in [6, 6.07) is 4.15. The lowest BCUT2D eigenvalue weighted by Gasteiger charge is -2.12. The Labute approximate surface area is 153 Å². The number of hydrogen-bond donors (Lipinski definition) is 1. The molecule has 7 heteroatoms. The predicted octanol–water partition coefficient (Wildman–Crippen LogP) is 5.22. The number of amides is 1. The van der Waals surface area contributed by atoms with Gasteiger partial charge in [0.1, 0.15) is 22.8 Å². The molecule has 25 heavy (non-hydrogen) atoms. The van der Waals surface area contributed by atoms with Crippen LogP contribution in [0.25, 0.3) is 11.3 Å². The summed E-state index contributed by atoms with van der Waals surface area (Å²) in [4.78, 5) is 16.6. The number of anilines is 1. The molecule has 1 unspecified atom stereocenters. The average Bonchev–Trinajstić information content (AvgIpc) is 3.08. The monoisotopic (exact) mass is 378 g/mol. The van der Waals surface area contributed by atoms with Crippen molar-refractivity contribution in [1.29, 1.82) is 0 Å². The number of carbonyl (C=O) groups excluding carboxylic acids is 1. The first-order valence-corrected chi connectivity index (χ1v) is 8.63. The number of carbonyl (C=O) groups is 1. The zero-order valence-electron chi connectivity index (χ0n) is 13.2. The van der Waals surface area contributed by atoms with Gasteiger partial charge >= 0.3 is 0 Å². The van der Waals surface area contributed by atoms with Crippen LogP contribution in [0.15, 0.2) is 24.4 Å². The molecule has 1 atom stereocenters. The summed E-state index contributed by atoms with van der Waals surface area (Å²) in [6.45, 7) is 2.03. The van der Waals surface area contributed by atoms with Gasteiger partial charge in [-0.1, -0.05) is 36.5 Å². The Balaban J connectivity index is 1.97. The van der Waals surface area contributed by atoms with Crippen molar-refractivity contribution in [3.05, 3.63) is 57.1 Å². The quantitative estimate of drug-likeness (QED) is 0.575. The first-order valence-electron chi connectivity index (χ1n) is 7.87. The third-order valence-electron chi connectivity index (χ3n) is 4.35. The van der Waals surface area contributed by atoms with Crippen molar-refractivity contribution in [1.82, 2.24) is 4.98 Å². The van der Waals surface area contributed by atoms with E-state index in [1.54, 1.807) is 6.20 Å². The molecule has 128 valence electrons. The molecule has 0 fully saturated rings. The maximum absolute atomic E-state index is 13.7. The fourth-order valence-corrected chi connectivity index (χ4v) is 3.68. The number of hydrogen-bond acceptors (Lipinski definition) is 3. The van der Waals surface area contributed by atoms with Crippen molar-refractivity contribution in [2.75, 3.05) is 5.32 Å². The lowest BCUT2D eigenvalue weighted by molar-refractivity contribution is -0.110. The number of nitrogens with one attached hydrogen (secondary N) is 1. The van der Waals surface area contributed by atoms with E-state index in [1.807, 2.05) is 6.92 Å². The van der Waals surface area contributed by atoms with Gasteiger partial charge in [-0.2, -0.15) is 0 Å². The lowest BCUT2D eigenvalue weighted by atomic mass is 9.99. The molecular formula is C18H13Cl2FN2O2. The molecule has 0 saturated heterocycles. The number of nitrogens with zero attached hydrogens (tertiary/aromatic N) is 1.